The van der Waals surface area contributed by atoms with E-state index < -0.39 is 0 Å². The lowest BCUT2D eigenvalue weighted by molar-refractivity contribution is 0.615. The summed E-state index contributed by atoms with van der Waals surface area (Å²) < 4.78 is 0. The summed E-state index contributed by atoms with van der Waals surface area (Å²) in [5, 5.41) is 7.75. The highest BCUT2D eigenvalue weighted by Gasteiger charge is 2.09. The molecule has 0 unspecified atom stereocenters. The lowest BCUT2D eigenvalue weighted by Gasteiger charge is -2.12. The fraction of sp³-hybridized carbons (Fsp3) is 0.412. The van der Waals surface area contributed by atoms with Crippen LogP contribution in [0.3, 0.4) is 0 Å². The molecule has 0 spiro atoms. The fourth-order valence-corrected chi connectivity index (χ4v) is 2.99. The summed E-state index contributed by atoms with van der Waals surface area (Å²) in [4.78, 5) is 10.2. The van der Waals surface area contributed by atoms with E-state index in [-0.39, 0.29) is 24.0 Å². The molecule has 0 amide bonds. The Morgan fingerprint density at radius 3 is 2.52 bits per heavy atom. The maximum absolute atomic E-state index is 4.68. The number of aryl methyl sites for hydroxylation is 1. The van der Waals surface area contributed by atoms with Crippen LogP contribution >= 0.6 is 35.3 Å². The smallest absolute Gasteiger partial charge is 0.191 e. The summed E-state index contributed by atoms with van der Waals surface area (Å²) in [6.07, 6.45) is 0. The molecule has 2 rings (SSSR count). The van der Waals surface area contributed by atoms with Crippen LogP contribution in [0.25, 0.3) is 10.6 Å². The molecule has 0 fully saturated rings. The van der Waals surface area contributed by atoms with E-state index in [0.29, 0.717) is 5.92 Å². The van der Waals surface area contributed by atoms with Gasteiger partial charge in [0.25, 0.3) is 0 Å². The summed E-state index contributed by atoms with van der Waals surface area (Å²) in [6.45, 7) is 8.08. The summed E-state index contributed by atoms with van der Waals surface area (Å²) in [6, 6.07) is 10.3. The summed E-state index contributed by atoms with van der Waals surface area (Å²) in [5.74, 6) is 1.43. The summed E-state index contributed by atoms with van der Waals surface area (Å²) >= 11 is 1.73. The van der Waals surface area contributed by atoms with Crippen molar-refractivity contribution in [1.82, 2.24) is 15.6 Å². The van der Waals surface area contributed by atoms with Gasteiger partial charge < -0.3 is 10.6 Å². The number of nitrogens with one attached hydrogen (secondary N) is 2. The van der Waals surface area contributed by atoms with E-state index in [2.05, 4.69) is 53.5 Å². The van der Waals surface area contributed by atoms with Gasteiger partial charge in [-0.2, -0.15) is 0 Å². The number of rotatable bonds is 5. The Morgan fingerprint density at radius 2 is 1.91 bits per heavy atom. The third kappa shape index (κ3) is 6.10. The summed E-state index contributed by atoms with van der Waals surface area (Å²) in [7, 11) is 1.80. The molecule has 0 saturated carbocycles. The number of aliphatic imine (C=N–C) groups is 1. The molecule has 0 atom stereocenters. The molecule has 1 aromatic heterocycles. The molecule has 4 nitrogen and oxygen atoms in total. The Kier molecular flexibility index (Phi) is 8.54. The van der Waals surface area contributed by atoms with Crippen molar-refractivity contribution in [3.05, 3.63) is 40.9 Å². The molecule has 0 saturated heterocycles. The van der Waals surface area contributed by atoms with Gasteiger partial charge >= 0.3 is 0 Å². The van der Waals surface area contributed by atoms with Crippen LogP contribution in [-0.2, 0) is 6.54 Å². The maximum atomic E-state index is 4.68. The van der Waals surface area contributed by atoms with Crippen LogP contribution in [0.1, 0.15) is 24.4 Å². The third-order valence-corrected chi connectivity index (χ3v) is 4.44. The van der Waals surface area contributed by atoms with Crippen molar-refractivity contribution in [2.24, 2.45) is 10.9 Å². The Bertz CT molecular complexity index is 623. The van der Waals surface area contributed by atoms with Crippen LogP contribution in [0.15, 0.2) is 35.3 Å². The normalized spacial score (nSPS) is 11.3. The zero-order valence-corrected chi connectivity index (χ0v) is 17.2. The number of guanidine groups is 1. The molecule has 0 aliphatic heterocycles. The fourth-order valence-electron chi connectivity index (χ4n) is 1.98. The number of hydrogen-bond acceptors (Lipinski definition) is 3. The number of nitrogens with zero attached hydrogens (tertiary/aromatic N) is 2. The molecule has 1 heterocycles. The number of thiazole rings is 1. The van der Waals surface area contributed by atoms with Gasteiger partial charge in [0.15, 0.2) is 5.96 Å². The molecule has 0 bridgehead atoms. The first-order valence-electron chi connectivity index (χ1n) is 7.56. The van der Waals surface area contributed by atoms with E-state index in [0.717, 1.165) is 29.8 Å². The van der Waals surface area contributed by atoms with E-state index >= 15 is 0 Å². The van der Waals surface area contributed by atoms with Crippen molar-refractivity contribution in [3.63, 3.8) is 0 Å². The van der Waals surface area contributed by atoms with Gasteiger partial charge in [0, 0.05) is 24.0 Å². The van der Waals surface area contributed by atoms with Gasteiger partial charge in [-0.3, -0.25) is 4.99 Å². The Hall–Kier alpha value is -1.15. The van der Waals surface area contributed by atoms with E-state index in [9.17, 15) is 0 Å². The second-order valence-corrected chi connectivity index (χ2v) is 6.68. The minimum atomic E-state index is 0. The first-order valence-corrected chi connectivity index (χ1v) is 8.38. The van der Waals surface area contributed by atoms with Crippen molar-refractivity contribution in [2.75, 3.05) is 13.6 Å². The molecular weight excluding hydrogens is 419 g/mol. The third-order valence-electron chi connectivity index (χ3n) is 3.23. The first kappa shape index (κ1) is 19.9. The first-order chi connectivity index (χ1) is 10.6. The van der Waals surface area contributed by atoms with Gasteiger partial charge in [-0.1, -0.05) is 44.2 Å². The zero-order valence-electron chi connectivity index (χ0n) is 14.1. The van der Waals surface area contributed by atoms with Crippen molar-refractivity contribution in [1.29, 1.82) is 0 Å². The van der Waals surface area contributed by atoms with Gasteiger partial charge in [0.05, 0.1) is 12.2 Å². The highest BCUT2D eigenvalue weighted by Crippen LogP contribution is 2.27. The van der Waals surface area contributed by atoms with Crippen LogP contribution in [-0.4, -0.2) is 24.5 Å². The van der Waals surface area contributed by atoms with Crippen molar-refractivity contribution in [3.8, 4) is 10.6 Å². The molecular formula is C17H25IN4S. The largest absolute Gasteiger partial charge is 0.356 e. The SMILES string of the molecule is CN=C(NCc1sc(-c2ccccc2)nc1C)NCC(C)C.I. The van der Waals surface area contributed by atoms with Gasteiger partial charge in [0.2, 0.25) is 0 Å². The maximum Gasteiger partial charge on any atom is 0.191 e. The second-order valence-electron chi connectivity index (χ2n) is 5.59. The van der Waals surface area contributed by atoms with Crippen molar-refractivity contribution in [2.45, 2.75) is 27.3 Å². The molecule has 2 N–H and O–H groups in total. The van der Waals surface area contributed by atoms with Gasteiger partial charge in [-0.25, -0.2) is 4.98 Å². The van der Waals surface area contributed by atoms with Crippen LogP contribution in [0.5, 0.6) is 0 Å². The molecule has 0 radical (unpaired) electrons. The van der Waals surface area contributed by atoms with Gasteiger partial charge in [0.1, 0.15) is 5.01 Å². The minimum absolute atomic E-state index is 0. The molecule has 126 valence electrons. The summed E-state index contributed by atoms with van der Waals surface area (Å²) in [5.41, 5.74) is 2.25. The minimum Gasteiger partial charge on any atom is -0.356 e. The van der Waals surface area contributed by atoms with Crippen LogP contribution in [0.2, 0.25) is 0 Å². The molecule has 0 aliphatic rings. The van der Waals surface area contributed by atoms with Crippen LogP contribution < -0.4 is 10.6 Å². The van der Waals surface area contributed by atoms with Gasteiger partial charge in [-0.05, 0) is 12.8 Å². The van der Waals surface area contributed by atoms with Crippen molar-refractivity contribution < 1.29 is 0 Å². The Labute approximate surface area is 159 Å². The Balaban J connectivity index is 0.00000264. The zero-order chi connectivity index (χ0) is 15.9. The van der Waals surface area contributed by atoms with Crippen LogP contribution in [0, 0.1) is 12.8 Å². The highest BCUT2D eigenvalue weighted by atomic mass is 127. The quantitative estimate of drug-likeness (QED) is 0.416. The topological polar surface area (TPSA) is 49.3 Å². The van der Waals surface area contributed by atoms with E-state index in [1.54, 1.807) is 18.4 Å². The van der Waals surface area contributed by atoms with Gasteiger partial charge in [-0.15, -0.1) is 35.3 Å². The predicted octanol–water partition coefficient (Wildman–Crippen LogP) is 4.06. The second kappa shape index (κ2) is 9.87. The lowest BCUT2D eigenvalue weighted by atomic mass is 10.2. The van der Waals surface area contributed by atoms with E-state index in [1.165, 1.54) is 10.4 Å². The lowest BCUT2D eigenvalue weighted by Crippen LogP contribution is -2.38. The average Bonchev–Trinajstić information content (AvgIpc) is 2.89. The molecule has 2 aromatic rings. The number of hydrogen-bond donors (Lipinski definition) is 2. The monoisotopic (exact) mass is 444 g/mol. The Morgan fingerprint density at radius 1 is 1.22 bits per heavy atom. The highest BCUT2D eigenvalue weighted by molar-refractivity contribution is 14.0. The van der Waals surface area contributed by atoms with Crippen molar-refractivity contribution >= 4 is 41.3 Å². The number of benzene rings is 1. The van der Waals surface area contributed by atoms with E-state index in [4.69, 9.17) is 0 Å². The molecule has 23 heavy (non-hydrogen) atoms. The van der Waals surface area contributed by atoms with E-state index in [1.807, 2.05) is 18.2 Å². The standard InChI is InChI=1S/C17H24N4S.HI/c1-12(2)10-19-17(18-4)20-11-15-13(3)21-16(22-15)14-8-6-5-7-9-14;/h5-9,12H,10-11H2,1-4H3,(H2,18,19,20);1H. The van der Waals surface area contributed by atoms with Crippen LogP contribution in [0.4, 0.5) is 0 Å². The predicted molar refractivity (Wildman–Crippen MR) is 111 cm³/mol. The average molecular weight is 444 g/mol. The number of halogens is 1. The molecule has 6 heteroatoms. The molecule has 0 aliphatic carbocycles. The molecule has 1 aromatic carbocycles. The number of aromatic nitrogens is 1.